The van der Waals surface area contributed by atoms with E-state index in [1.807, 2.05) is 18.2 Å². The van der Waals surface area contributed by atoms with Gasteiger partial charge in [-0.1, -0.05) is 30.3 Å². The molecule has 0 aliphatic carbocycles. The lowest BCUT2D eigenvalue weighted by molar-refractivity contribution is -0.385. The highest BCUT2D eigenvalue weighted by Crippen LogP contribution is 2.19. The van der Waals surface area contributed by atoms with Gasteiger partial charge in [-0.25, -0.2) is 9.87 Å². The van der Waals surface area contributed by atoms with Crippen LogP contribution in [0.5, 0.6) is 0 Å². The first-order valence-corrected chi connectivity index (χ1v) is 5.98. The van der Waals surface area contributed by atoms with E-state index in [4.69, 9.17) is 4.84 Å². The molecular formula is C14H11FN2O4. The lowest BCUT2D eigenvalue weighted by Crippen LogP contribution is -2.24. The molecule has 0 saturated carbocycles. The summed E-state index contributed by atoms with van der Waals surface area (Å²) in [6, 6.07) is 11.7. The molecular weight excluding hydrogens is 279 g/mol. The average Bonchev–Trinajstić information content (AvgIpc) is 2.48. The minimum absolute atomic E-state index is 0.113. The Hall–Kier alpha value is -2.80. The van der Waals surface area contributed by atoms with Gasteiger partial charge < -0.3 is 0 Å². The van der Waals surface area contributed by atoms with Crippen LogP contribution in [-0.4, -0.2) is 10.8 Å². The van der Waals surface area contributed by atoms with E-state index in [-0.39, 0.29) is 12.2 Å². The fourth-order valence-electron chi connectivity index (χ4n) is 1.66. The molecule has 1 amide bonds. The van der Waals surface area contributed by atoms with E-state index in [9.17, 15) is 19.3 Å². The van der Waals surface area contributed by atoms with E-state index >= 15 is 0 Å². The fraction of sp³-hybridized carbons (Fsp3) is 0.0714. The summed E-state index contributed by atoms with van der Waals surface area (Å²) in [4.78, 5) is 26.8. The lowest BCUT2D eigenvalue weighted by Gasteiger charge is -2.06. The van der Waals surface area contributed by atoms with Gasteiger partial charge in [-0.3, -0.25) is 19.7 Å². The minimum Gasteiger partial charge on any atom is -0.269 e. The van der Waals surface area contributed by atoms with Gasteiger partial charge in [0.05, 0.1) is 17.6 Å². The van der Waals surface area contributed by atoms with E-state index in [2.05, 4.69) is 5.48 Å². The molecule has 1 N–H and O–H groups in total. The second-order valence-corrected chi connectivity index (χ2v) is 4.12. The number of hydroxylamine groups is 1. The van der Waals surface area contributed by atoms with Crippen molar-refractivity contribution in [3.05, 3.63) is 75.6 Å². The van der Waals surface area contributed by atoms with Crippen molar-refractivity contribution < 1.29 is 18.9 Å². The highest BCUT2D eigenvalue weighted by Gasteiger charge is 2.21. The molecule has 0 heterocycles. The van der Waals surface area contributed by atoms with Gasteiger partial charge in [-0.15, -0.1) is 0 Å². The average molecular weight is 290 g/mol. The highest BCUT2D eigenvalue weighted by molar-refractivity contribution is 5.97. The smallest absolute Gasteiger partial charge is 0.269 e. The molecule has 0 aliphatic rings. The molecule has 108 valence electrons. The van der Waals surface area contributed by atoms with E-state index < -0.39 is 22.3 Å². The predicted molar refractivity (Wildman–Crippen MR) is 71.8 cm³/mol. The van der Waals surface area contributed by atoms with Gasteiger partial charge in [-0.2, -0.15) is 0 Å². The second kappa shape index (κ2) is 6.58. The highest BCUT2D eigenvalue weighted by atomic mass is 19.1. The van der Waals surface area contributed by atoms with Gasteiger partial charge in [0, 0.05) is 0 Å². The van der Waals surface area contributed by atoms with Gasteiger partial charge in [-0.05, 0) is 17.7 Å². The molecule has 0 bridgehead atoms. The summed E-state index contributed by atoms with van der Waals surface area (Å²) >= 11 is 0. The third kappa shape index (κ3) is 3.83. The van der Waals surface area contributed by atoms with Crippen LogP contribution in [0.25, 0.3) is 0 Å². The van der Waals surface area contributed by atoms with Crippen LogP contribution < -0.4 is 5.48 Å². The minimum atomic E-state index is -0.824. The lowest BCUT2D eigenvalue weighted by atomic mass is 10.1. The summed E-state index contributed by atoms with van der Waals surface area (Å²) in [6.07, 6.45) is 0. The maximum absolute atomic E-state index is 13.0. The Kier molecular flexibility index (Phi) is 4.57. The zero-order valence-electron chi connectivity index (χ0n) is 10.8. The zero-order valence-corrected chi connectivity index (χ0v) is 10.8. The summed E-state index contributed by atoms with van der Waals surface area (Å²) in [7, 11) is 0. The molecule has 7 heteroatoms. The number of nitrogens with zero attached hydrogens (tertiary/aromatic N) is 1. The number of nitro benzene ring substituents is 1. The second-order valence-electron chi connectivity index (χ2n) is 4.12. The van der Waals surface area contributed by atoms with Gasteiger partial charge in [0.25, 0.3) is 11.6 Å². The SMILES string of the molecule is O=C(NOCc1ccccc1)c1ccc(F)cc1[N+](=O)[O-]. The molecule has 0 atom stereocenters. The maximum Gasteiger partial charge on any atom is 0.285 e. The third-order valence-corrected chi connectivity index (χ3v) is 2.65. The molecule has 21 heavy (non-hydrogen) atoms. The first-order chi connectivity index (χ1) is 10.1. The van der Waals surface area contributed by atoms with Crippen LogP contribution >= 0.6 is 0 Å². The monoisotopic (exact) mass is 290 g/mol. The van der Waals surface area contributed by atoms with Crippen molar-refractivity contribution in [2.24, 2.45) is 0 Å². The number of rotatable bonds is 5. The van der Waals surface area contributed by atoms with Crippen molar-refractivity contribution in [2.75, 3.05) is 0 Å². The van der Waals surface area contributed by atoms with Crippen molar-refractivity contribution in [1.29, 1.82) is 0 Å². The van der Waals surface area contributed by atoms with Crippen LogP contribution in [0.3, 0.4) is 0 Å². The Morgan fingerprint density at radius 3 is 2.62 bits per heavy atom. The van der Waals surface area contributed by atoms with Crippen molar-refractivity contribution in [3.8, 4) is 0 Å². The van der Waals surface area contributed by atoms with Gasteiger partial charge in [0.2, 0.25) is 0 Å². The molecule has 0 fully saturated rings. The number of halogens is 1. The van der Waals surface area contributed by atoms with E-state index in [1.54, 1.807) is 12.1 Å². The number of amides is 1. The zero-order chi connectivity index (χ0) is 15.2. The Balaban J connectivity index is 2.02. The van der Waals surface area contributed by atoms with Crippen LogP contribution in [0.2, 0.25) is 0 Å². The van der Waals surface area contributed by atoms with Gasteiger partial charge >= 0.3 is 0 Å². The number of benzene rings is 2. The molecule has 6 nitrogen and oxygen atoms in total. The molecule has 2 aromatic rings. The molecule has 0 unspecified atom stereocenters. The first kappa shape index (κ1) is 14.6. The molecule has 2 rings (SSSR count). The number of carbonyl (C=O) groups excluding carboxylic acids is 1. The topological polar surface area (TPSA) is 81.5 Å². The molecule has 0 radical (unpaired) electrons. The Morgan fingerprint density at radius 2 is 1.95 bits per heavy atom. The third-order valence-electron chi connectivity index (χ3n) is 2.65. The summed E-state index contributed by atoms with van der Waals surface area (Å²) in [5, 5.41) is 10.8. The van der Waals surface area contributed by atoms with E-state index in [0.717, 1.165) is 17.7 Å². The van der Waals surface area contributed by atoms with Crippen molar-refractivity contribution >= 4 is 11.6 Å². The first-order valence-electron chi connectivity index (χ1n) is 5.98. The number of hydrogen-bond donors (Lipinski definition) is 1. The quantitative estimate of drug-likeness (QED) is 0.678. The summed E-state index contributed by atoms with van der Waals surface area (Å²) in [6.45, 7) is 0.113. The Morgan fingerprint density at radius 1 is 1.24 bits per heavy atom. The number of nitro groups is 1. The van der Waals surface area contributed by atoms with Crippen LogP contribution in [0.1, 0.15) is 15.9 Å². The van der Waals surface area contributed by atoms with Crippen LogP contribution in [0.4, 0.5) is 10.1 Å². The molecule has 0 aliphatic heterocycles. The van der Waals surface area contributed by atoms with Crippen LogP contribution in [0, 0.1) is 15.9 Å². The van der Waals surface area contributed by atoms with Crippen molar-refractivity contribution in [2.45, 2.75) is 6.61 Å². The largest absolute Gasteiger partial charge is 0.285 e. The van der Waals surface area contributed by atoms with E-state index in [0.29, 0.717) is 6.07 Å². The maximum atomic E-state index is 13.0. The van der Waals surface area contributed by atoms with E-state index in [1.165, 1.54) is 0 Å². The van der Waals surface area contributed by atoms with Crippen molar-refractivity contribution in [3.63, 3.8) is 0 Å². The van der Waals surface area contributed by atoms with Crippen LogP contribution in [0.15, 0.2) is 48.5 Å². The summed E-state index contributed by atoms with van der Waals surface area (Å²) < 4.78 is 13.0. The number of hydrogen-bond acceptors (Lipinski definition) is 4. The number of carbonyl (C=O) groups is 1. The van der Waals surface area contributed by atoms with Crippen LogP contribution in [-0.2, 0) is 11.4 Å². The molecule has 0 aromatic heterocycles. The van der Waals surface area contributed by atoms with Crippen molar-refractivity contribution in [1.82, 2.24) is 5.48 Å². The molecule has 0 spiro atoms. The Bertz CT molecular complexity index is 661. The molecule has 2 aromatic carbocycles. The molecule has 0 saturated heterocycles. The predicted octanol–water partition coefficient (Wildman–Crippen LogP) is 2.60. The standard InChI is InChI=1S/C14H11FN2O4/c15-11-6-7-12(13(8-11)17(19)20)14(18)16-21-9-10-4-2-1-3-5-10/h1-8H,9H2,(H,16,18). The Labute approximate surface area is 119 Å². The summed E-state index contributed by atoms with van der Waals surface area (Å²) in [5.74, 6) is -1.60. The summed E-state index contributed by atoms with van der Waals surface area (Å²) in [5.41, 5.74) is 2.04. The van der Waals surface area contributed by atoms with Gasteiger partial charge in [0.15, 0.2) is 0 Å². The van der Waals surface area contributed by atoms with Gasteiger partial charge in [0.1, 0.15) is 11.4 Å². The number of nitrogens with one attached hydrogen (secondary N) is 1. The normalized spacial score (nSPS) is 10.1. The fourth-order valence-corrected chi connectivity index (χ4v) is 1.66.